The SMILES string of the molecule is Cc1nn(-c2ccc(NCCNC(=O)c3c(F)cccc3Cl)nn2)c(C)c1C. The number of amides is 1. The van der Waals surface area contributed by atoms with Crippen molar-refractivity contribution in [2.24, 2.45) is 0 Å². The number of carbonyl (C=O) groups excluding carboxylic acids is 1. The van der Waals surface area contributed by atoms with Crippen molar-refractivity contribution in [1.29, 1.82) is 0 Å². The Hall–Kier alpha value is -3.00. The van der Waals surface area contributed by atoms with E-state index in [1.165, 1.54) is 18.2 Å². The lowest BCUT2D eigenvalue weighted by molar-refractivity contribution is 0.0951. The molecule has 146 valence electrons. The van der Waals surface area contributed by atoms with Crippen LogP contribution in [0.2, 0.25) is 5.02 Å². The molecule has 9 heteroatoms. The summed E-state index contributed by atoms with van der Waals surface area (Å²) in [5.41, 5.74) is 2.93. The minimum absolute atomic E-state index is 0.0753. The molecule has 0 bridgehead atoms. The lowest BCUT2D eigenvalue weighted by atomic mass is 10.2. The molecule has 0 fully saturated rings. The second-order valence-electron chi connectivity index (χ2n) is 6.26. The zero-order chi connectivity index (χ0) is 20.3. The van der Waals surface area contributed by atoms with Crippen LogP contribution in [-0.2, 0) is 0 Å². The van der Waals surface area contributed by atoms with Crippen LogP contribution in [-0.4, -0.2) is 39.0 Å². The van der Waals surface area contributed by atoms with E-state index in [0.717, 1.165) is 17.0 Å². The lowest BCUT2D eigenvalue weighted by Gasteiger charge is -2.09. The Balaban J connectivity index is 1.54. The zero-order valence-electron chi connectivity index (χ0n) is 15.8. The average Bonchev–Trinajstić information content (AvgIpc) is 2.93. The number of halogens is 2. The molecule has 1 aromatic carbocycles. The standard InChI is InChI=1S/C19H20ClFN6O/c1-11-12(2)26-27(13(11)3)17-8-7-16(24-25-17)22-9-10-23-19(28)18-14(20)5-4-6-15(18)21/h4-8H,9-10H2,1-3H3,(H,22,24)(H,23,28). The van der Waals surface area contributed by atoms with Crippen LogP contribution in [0, 0.1) is 26.6 Å². The second-order valence-corrected chi connectivity index (χ2v) is 6.67. The van der Waals surface area contributed by atoms with Crippen molar-refractivity contribution in [1.82, 2.24) is 25.3 Å². The van der Waals surface area contributed by atoms with E-state index < -0.39 is 11.7 Å². The van der Waals surface area contributed by atoms with Crippen molar-refractivity contribution >= 4 is 23.3 Å². The molecule has 7 nitrogen and oxygen atoms in total. The number of aromatic nitrogens is 4. The van der Waals surface area contributed by atoms with Gasteiger partial charge in [0.1, 0.15) is 11.6 Å². The first-order valence-electron chi connectivity index (χ1n) is 8.71. The number of benzene rings is 1. The van der Waals surface area contributed by atoms with Gasteiger partial charge in [-0.1, -0.05) is 17.7 Å². The summed E-state index contributed by atoms with van der Waals surface area (Å²) in [5.74, 6) is -0.0352. The van der Waals surface area contributed by atoms with E-state index >= 15 is 0 Å². The van der Waals surface area contributed by atoms with Gasteiger partial charge in [-0.3, -0.25) is 4.79 Å². The third kappa shape index (κ3) is 4.12. The quantitative estimate of drug-likeness (QED) is 0.618. The van der Waals surface area contributed by atoms with Crippen LogP contribution in [0.5, 0.6) is 0 Å². The number of rotatable bonds is 6. The van der Waals surface area contributed by atoms with Crippen LogP contribution in [0.1, 0.15) is 27.3 Å². The van der Waals surface area contributed by atoms with Crippen molar-refractivity contribution in [2.75, 3.05) is 18.4 Å². The molecular formula is C19H20ClFN6O. The van der Waals surface area contributed by atoms with Gasteiger partial charge in [0.2, 0.25) is 0 Å². The van der Waals surface area contributed by atoms with Crippen LogP contribution in [0.3, 0.4) is 0 Å². The molecule has 0 radical (unpaired) electrons. The Kier molecular flexibility index (Phi) is 5.89. The van der Waals surface area contributed by atoms with E-state index in [1.54, 1.807) is 10.7 Å². The fourth-order valence-electron chi connectivity index (χ4n) is 2.65. The van der Waals surface area contributed by atoms with Gasteiger partial charge in [-0.2, -0.15) is 5.10 Å². The van der Waals surface area contributed by atoms with Gasteiger partial charge in [-0.05, 0) is 50.6 Å². The molecule has 1 amide bonds. The maximum absolute atomic E-state index is 13.7. The number of hydrogen-bond donors (Lipinski definition) is 2. The molecule has 0 saturated heterocycles. The highest BCUT2D eigenvalue weighted by atomic mass is 35.5. The van der Waals surface area contributed by atoms with E-state index in [1.807, 2.05) is 26.8 Å². The van der Waals surface area contributed by atoms with E-state index in [2.05, 4.69) is 25.9 Å². The topological polar surface area (TPSA) is 84.7 Å². The summed E-state index contributed by atoms with van der Waals surface area (Å²) in [6.45, 7) is 6.60. The molecule has 0 unspecified atom stereocenters. The summed E-state index contributed by atoms with van der Waals surface area (Å²) in [4.78, 5) is 12.1. The van der Waals surface area contributed by atoms with Crippen molar-refractivity contribution < 1.29 is 9.18 Å². The Morgan fingerprint density at radius 2 is 1.93 bits per heavy atom. The van der Waals surface area contributed by atoms with Gasteiger partial charge in [0.25, 0.3) is 5.91 Å². The predicted molar refractivity (Wildman–Crippen MR) is 106 cm³/mol. The van der Waals surface area contributed by atoms with Gasteiger partial charge in [0, 0.05) is 18.8 Å². The van der Waals surface area contributed by atoms with E-state index in [4.69, 9.17) is 11.6 Å². The van der Waals surface area contributed by atoms with Crippen molar-refractivity contribution in [2.45, 2.75) is 20.8 Å². The van der Waals surface area contributed by atoms with Gasteiger partial charge in [0.05, 0.1) is 16.3 Å². The number of carbonyl (C=O) groups is 1. The highest BCUT2D eigenvalue weighted by molar-refractivity contribution is 6.33. The number of hydrogen-bond acceptors (Lipinski definition) is 5. The zero-order valence-corrected chi connectivity index (χ0v) is 16.5. The Morgan fingerprint density at radius 3 is 2.54 bits per heavy atom. The summed E-state index contributed by atoms with van der Waals surface area (Å²) in [6, 6.07) is 7.71. The average molecular weight is 403 g/mol. The molecule has 2 N–H and O–H groups in total. The molecule has 2 heterocycles. The number of nitrogens with one attached hydrogen (secondary N) is 2. The first-order valence-corrected chi connectivity index (χ1v) is 9.09. The highest BCUT2D eigenvalue weighted by Gasteiger charge is 2.15. The van der Waals surface area contributed by atoms with Crippen molar-refractivity contribution in [3.8, 4) is 5.82 Å². The van der Waals surface area contributed by atoms with Crippen LogP contribution in [0.15, 0.2) is 30.3 Å². The molecule has 0 atom stereocenters. The number of anilines is 1. The van der Waals surface area contributed by atoms with E-state index in [9.17, 15) is 9.18 Å². The summed E-state index contributed by atoms with van der Waals surface area (Å²) in [7, 11) is 0. The van der Waals surface area contributed by atoms with Gasteiger partial charge >= 0.3 is 0 Å². The number of nitrogens with zero attached hydrogens (tertiary/aromatic N) is 4. The van der Waals surface area contributed by atoms with E-state index in [-0.39, 0.29) is 17.1 Å². The highest BCUT2D eigenvalue weighted by Crippen LogP contribution is 2.18. The second kappa shape index (κ2) is 8.35. The van der Waals surface area contributed by atoms with Gasteiger partial charge in [0.15, 0.2) is 5.82 Å². The summed E-state index contributed by atoms with van der Waals surface area (Å²) in [5, 5.41) is 18.5. The van der Waals surface area contributed by atoms with Gasteiger partial charge in [-0.25, -0.2) is 9.07 Å². The van der Waals surface area contributed by atoms with Crippen molar-refractivity contribution in [3.63, 3.8) is 0 Å². The Morgan fingerprint density at radius 1 is 1.14 bits per heavy atom. The monoisotopic (exact) mass is 402 g/mol. The summed E-state index contributed by atoms with van der Waals surface area (Å²) < 4.78 is 15.5. The van der Waals surface area contributed by atoms with Crippen molar-refractivity contribution in [3.05, 3.63) is 63.7 Å². The molecule has 0 spiro atoms. The summed E-state index contributed by atoms with van der Waals surface area (Å²) in [6.07, 6.45) is 0. The third-order valence-corrected chi connectivity index (χ3v) is 4.74. The smallest absolute Gasteiger partial charge is 0.255 e. The first-order chi connectivity index (χ1) is 13.4. The number of aryl methyl sites for hydroxylation is 1. The first kappa shape index (κ1) is 19.8. The maximum Gasteiger partial charge on any atom is 0.255 e. The normalized spacial score (nSPS) is 10.8. The molecule has 0 aliphatic heterocycles. The third-order valence-electron chi connectivity index (χ3n) is 4.43. The summed E-state index contributed by atoms with van der Waals surface area (Å²) >= 11 is 5.88. The van der Waals surface area contributed by atoms with Gasteiger partial charge in [-0.15, -0.1) is 10.2 Å². The fraction of sp³-hybridized carbons (Fsp3) is 0.263. The predicted octanol–water partition coefficient (Wildman–Crippen LogP) is 3.22. The largest absolute Gasteiger partial charge is 0.367 e. The molecule has 3 rings (SSSR count). The van der Waals surface area contributed by atoms with Gasteiger partial charge < -0.3 is 10.6 Å². The van der Waals surface area contributed by atoms with Crippen LogP contribution >= 0.6 is 11.6 Å². The Labute approximate surface area is 166 Å². The minimum Gasteiger partial charge on any atom is -0.367 e. The minimum atomic E-state index is -0.654. The van der Waals surface area contributed by atoms with Crippen LogP contribution in [0.4, 0.5) is 10.2 Å². The molecule has 0 saturated carbocycles. The molecular weight excluding hydrogens is 383 g/mol. The molecule has 0 aliphatic rings. The Bertz CT molecular complexity index is 982. The van der Waals surface area contributed by atoms with Crippen LogP contribution < -0.4 is 10.6 Å². The maximum atomic E-state index is 13.7. The molecule has 0 aliphatic carbocycles. The molecule has 2 aromatic heterocycles. The molecule has 3 aromatic rings. The molecule has 28 heavy (non-hydrogen) atoms. The van der Waals surface area contributed by atoms with Crippen LogP contribution in [0.25, 0.3) is 5.82 Å². The fourth-order valence-corrected chi connectivity index (χ4v) is 2.89. The van der Waals surface area contributed by atoms with E-state index in [0.29, 0.717) is 18.2 Å². The lowest BCUT2D eigenvalue weighted by Crippen LogP contribution is -2.29.